The van der Waals surface area contributed by atoms with Gasteiger partial charge in [-0.1, -0.05) is 32.6 Å². The SMILES string of the molecule is CC#CCC(=O)N(CC#CC)C(CC)CC(C)C. The van der Waals surface area contributed by atoms with Crippen LogP contribution in [0.15, 0.2) is 0 Å². The van der Waals surface area contributed by atoms with Gasteiger partial charge in [-0.15, -0.1) is 11.8 Å². The Morgan fingerprint density at radius 2 is 1.78 bits per heavy atom. The largest absolute Gasteiger partial charge is 0.328 e. The normalized spacial score (nSPS) is 11.0. The summed E-state index contributed by atoms with van der Waals surface area (Å²) in [6.07, 6.45) is 2.29. The van der Waals surface area contributed by atoms with E-state index in [0.717, 1.165) is 12.8 Å². The maximum Gasteiger partial charge on any atom is 0.235 e. The Kier molecular flexibility index (Phi) is 8.85. The van der Waals surface area contributed by atoms with E-state index in [1.165, 1.54) is 0 Å². The molecule has 0 radical (unpaired) electrons. The second-order valence-electron chi connectivity index (χ2n) is 4.74. The first kappa shape index (κ1) is 16.6. The van der Waals surface area contributed by atoms with Gasteiger partial charge in [-0.3, -0.25) is 4.79 Å². The molecule has 0 saturated carbocycles. The van der Waals surface area contributed by atoms with E-state index in [4.69, 9.17) is 0 Å². The van der Waals surface area contributed by atoms with Gasteiger partial charge in [0, 0.05) is 6.04 Å². The van der Waals surface area contributed by atoms with Crippen molar-refractivity contribution in [2.45, 2.75) is 59.9 Å². The van der Waals surface area contributed by atoms with Gasteiger partial charge in [-0.05, 0) is 32.6 Å². The van der Waals surface area contributed by atoms with Gasteiger partial charge in [-0.25, -0.2) is 0 Å². The van der Waals surface area contributed by atoms with Crippen molar-refractivity contribution in [2.75, 3.05) is 6.54 Å². The van der Waals surface area contributed by atoms with Crippen molar-refractivity contribution < 1.29 is 4.79 Å². The number of rotatable bonds is 6. The molecule has 0 aromatic heterocycles. The van der Waals surface area contributed by atoms with Crippen LogP contribution < -0.4 is 0 Å². The third kappa shape index (κ3) is 6.36. The van der Waals surface area contributed by atoms with Crippen LogP contribution in [0.4, 0.5) is 0 Å². The van der Waals surface area contributed by atoms with Crippen LogP contribution in [0.3, 0.4) is 0 Å². The number of hydrogen-bond donors (Lipinski definition) is 0. The molecular formula is C16H25NO. The zero-order valence-electron chi connectivity index (χ0n) is 12.3. The third-order valence-corrected chi connectivity index (χ3v) is 2.82. The van der Waals surface area contributed by atoms with E-state index in [0.29, 0.717) is 18.9 Å². The first-order chi connectivity index (χ1) is 8.56. The van der Waals surface area contributed by atoms with Gasteiger partial charge in [-0.2, -0.15) is 0 Å². The van der Waals surface area contributed by atoms with E-state index < -0.39 is 0 Å². The summed E-state index contributed by atoms with van der Waals surface area (Å²) in [6, 6.07) is 0.275. The van der Waals surface area contributed by atoms with Gasteiger partial charge < -0.3 is 4.90 Å². The fourth-order valence-corrected chi connectivity index (χ4v) is 1.91. The Hall–Kier alpha value is -1.41. The molecule has 0 spiro atoms. The van der Waals surface area contributed by atoms with Crippen LogP contribution in [0.25, 0.3) is 0 Å². The highest BCUT2D eigenvalue weighted by Gasteiger charge is 2.21. The smallest absolute Gasteiger partial charge is 0.235 e. The molecule has 0 rings (SSSR count). The molecule has 1 unspecified atom stereocenters. The molecule has 0 aromatic rings. The highest BCUT2D eigenvalue weighted by atomic mass is 16.2. The molecule has 0 fully saturated rings. The van der Waals surface area contributed by atoms with Crippen LogP contribution in [0.5, 0.6) is 0 Å². The molecule has 0 N–H and O–H groups in total. The van der Waals surface area contributed by atoms with Crippen molar-refractivity contribution in [2.24, 2.45) is 5.92 Å². The topological polar surface area (TPSA) is 20.3 Å². The Morgan fingerprint density at radius 1 is 1.17 bits per heavy atom. The van der Waals surface area contributed by atoms with E-state index in [-0.39, 0.29) is 11.9 Å². The van der Waals surface area contributed by atoms with Crippen LogP contribution in [0.2, 0.25) is 0 Å². The standard InChI is InChI=1S/C16H25NO/c1-6-9-11-16(18)17(12-10-7-2)15(8-3)13-14(4)5/h14-15H,8,11-13H2,1-5H3. The van der Waals surface area contributed by atoms with E-state index in [1.807, 2.05) is 4.90 Å². The number of carbonyl (C=O) groups is 1. The summed E-state index contributed by atoms with van der Waals surface area (Å²) in [5.74, 6) is 12.2. The molecule has 0 aliphatic rings. The van der Waals surface area contributed by atoms with Crippen LogP contribution in [-0.2, 0) is 4.79 Å². The van der Waals surface area contributed by atoms with Crippen molar-refractivity contribution in [1.29, 1.82) is 0 Å². The third-order valence-electron chi connectivity index (χ3n) is 2.82. The molecular weight excluding hydrogens is 222 g/mol. The number of amides is 1. The molecule has 100 valence electrons. The van der Waals surface area contributed by atoms with Crippen molar-refractivity contribution in [3.63, 3.8) is 0 Å². The number of nitrogens with zero attached hydrogens (tertiary/aromatic N) is 1. The summed E-state index contributed by atoms with van der Waals surface area (Å²) in [5.41, 5.74) is 0. The van der Waals surface area contributed by atoms with Crippen LogP contribution in [-0.4, -0.2) is 23.4 Å². The summed E-state index contributed by atoms with van der Waals surface area (Å²) in [4.78, 5) is 14.0. The molecule has 2 nitrogen and oxygen atoms in total. The van der Waals surface area contributed by atoms with Crippen LogP contribution in [0.1, 0.15) is 53.9 Å². The van der Waals surface area contributed by atoms with Gasteiger partial charge in [0.15, 0.2) is 0 Å². The average molecular weight is 247 g/mol. The molecule has 0 aliphatic carbocycles. The molecule has 0 bridgehead atoms. The minimum absolute atomic E-state index is 0.0969. The van der Waals surface area contributed by atoms with Crippen molar-refractivity contribution in [3.8, 4) is 23.7 Å². The predicted molar refractivity (Wildman–Crippen MR) is 76.8 cm³/mol. The zero-order chi connectivity index (χ0) is 14.0. The number of hydrogen-bond acceptors (Lipinski definition) is 1. The molecule has 1 atom stereocenters. The van der Waals surface area contributed by atoms with Crippen molar-refractivity contribution in [1.82, 2.24) is 4.90 Å². The number of carbonyl (C=O) groups excluding carboxylic acids is 1. The van der Waals surface area contributed by atoms with Gasteiger partial charge in [0.1, 0.15) is 0 Å². The predicted octanol–water partition coefficient (Wildman–Crippen LogP) is 3.08. The minimum Gasteiger partial charge on any atom is -0.328 e. The van der Waals surface area contributed by atoms with Gasteiger partial charge in [0.05, 0.1) is 13.0 Å². The maximum absolute atomic E-state index is 12.1. The lowest BCUT2D eigenvalue weighted by atomic mass is 10.00. The van der Waals surface area contributed by atoms with Gasteiger partial charge >= 0.3 is 0 Å². The minimum atomic E-state index is 0.0969. The summed E-state index contributed by atoms with van der Waals surface area (Å²) in [6.45, 7) is 10.6. The summed E-state index contributed by atoms with van der Waals surface area (Å²) < 4.78 is 0. The fourth-order valence-electron chi connectivity index (χ4n) is 1.91. The Balaban J connectivity index is 4.83. The first-order valence-corrected chi connectivity index (χ1v) is 6.65. The molecule has 18 heavy (non-hydrogen) atoms. The van der Waals surface area contributed by atoms with Gasteiger partial charge in [0.25, 0.3) is 0 Å². The molecule has 0 aliphatic heterocycles. The molecule has 1 amide bonds. The Labute approximate surface area is 112 Å². The van der Waals surface area contributed by atoms with E-state index >= 15 is 0 Å². The monoisotopic (exact) mass is 247 g/mol. The maximum atomic E-state index is 12.1. The molecule has 2 heteroatoms. The lowest BCUT2D eigenvalue weighted by Crippen LogP contribution is -2.40. The fraction of sp³-hybridized carbons (Fsp3) is 0.688. The van der Waals surface area contributed by atoms with E-state index in [2.05, 4.69) is 44.5 Å². The van der Waals surface area contributed by atoms with Crippen molar-refractivity contribution in [3.05, 3.63) is 0 Å². The molecule has 0 aromatic carbocycles. The van der Waals surface area contributed by atoms with Gasteiger partial charge in [0.2, 0.25) is 5.91 Å². The zero-order valence-corrected chi connectivity index (χ0v) is 12.3. The quantitative estimate of drug-likeness (QED) is 0.661. The highest BCUT2D eigenvalue weighted by molar-refractivity contribution is 5.79. The first-order valence-electron chi connectivity index (χ1n) is 6.65. The van der Waals surface area contributed by atoms with E-state index in [9.17, 15) is 4.79 Å². The van der Waals surface area contributed by atoms with Crippen molar-refractivity contribution >= 4 is 5.91 Å². The van der Waals surface area contributed by atoms with Crippen LogP contribution in [0, 0.1) is 29.6 Å². The average Bonchev–Trinajstić information content (AvgIpc) is 2.34. The Morgan fingerprint density at radius 3 is 2.22 bits per heavy atom. The summed E-state index contributed by atoms with van der Waals surface area (Å²) >= 11 is 0. The summed E-state index contributed by atoms with van der Waals surface area (Å²) in [7, 11) is 0. The lowest BCUT2D eigenvalue weighted by molar-refractivity contribution is -0.132. The van der Waals surface area contributed by atoms with E-state index in [1.54, 1.807) is 13.8 Å². The Bertz CT molecular complexity index is 362. The second kappa shape index (κ2) is 9.60. The molecule has 0 heterocycles. The summed E-state index contributed by atoms with van der Waals surface area (Å²) in [5, 5.41) is 0. The highest BCUT2D eigenvalue weighted by Crippen LogP contribution is 2.15. The second-order valence-corrected chi connectivity index (χ2v) is 4.74. The van der Waals surface area contributed by atoms with Crippen LogP contribution >= 0.6 is 0 Å². The lowest BCUT2D eigenvalue weighted by Gasteiger charge is -2.30. The molecule has 0 saturated heterocycles.